The lowest BCUT2D eigenvalue weighted by atomic mass is 10.1. The van der Waals surface area contributed by atoms with E-state index >= 15 is 0 Å². The van der Waals surface area contributed by atoms with Crippen LogP contribution in [0.1, 0.15) is 20.7 Å². The Balaban J connectivity index is 0.000000720. The lowest BCUT2D eigenvalue weighted by Gasteiger charge is -1.88. The second-order valence-electron chi connectivity index (χ2n) is 2.33. The van der Waals surface area contributed by atoms with Crippen LogP contribution >= 0.6 is 0 Å². The monoisotopic (exact) mass is 179 g/mol. The van der Waals surface area contributed by atoms with Gasteiger partial charge in [0.25, 0.3) is 11.8 Å². The van der Waals surface area contributed by atoms with Gasteiger partial charge in [0.1, 0.15) is 0 Å². The Morgan fingerprint density at radius 3 is 1.75 bits per heavy atom. The molecule has 12 heavy (non-hydrogen) atoms. The highest BCUT2D eigenvalue weighted by Gasteiger charge is 2.25. The highest BCUT2D eigenvalue weighted by molar-refractivity contribution is 6.21. The normalized spacial score (nSPS) is 13.3. The maximum Gasteiger partial charge on any atom is 0.258 e. The fourth-order valence-corrected chi connectivity index (χ4v) is 1.12. The zero-order valence-corrected chi connectivity index (χ0v) is 5.63. The van der Waals surface area contributed by atoms with E-state index in [0.29, 0.717) is 11.1 Å². The standard InChI is InChI=1S/C8H5NO2.H4Si/c10-7-5-3-1-2-4-6(5)8(11)9-7;/h1-4H,(H,9,10,11);1H4. The third kappa shape index (κ3) is 1.06. The van der Waals surface area contributed by atoms with Crippen LogP contribution in [-0.4, -0.2) is 22.8 Å². The first kappa shape index (κ1) is 8.67. The molecule has 1 N–H and O–H groups in total. The summed E-state index contributed by atoms with van der Waals surface area (Å²) in [4.78, 5) is 21.9. The summed E-state index contributed by atoms with van der Waals surface area (Å²) in [5, 5.41) is 2.20. The molecule has 0 saturated heterocycles. The predicted octanol–water partition coefficient (Wildman–Crippen LogP) is -0.881. The summed E-state index contributed by atoms with van der Waals surface area (Å²) in [7, 11) is 0. The van der Waals surface area contributed by atoms with Gasteiger partial charge in [0.2, 0.25) is 0 Å². The van der Waals surface area contributed by atoms with Crippen LogP contribution in [0.15, 0.2) is 24.3 Å². The fourth-order valence-electron chi connectivity index (χ4n) is 1.12. The summed E-state index contributed by atoms with van der Waals surface area (Å²) in [5.41, 5.74) is 0.940. The number of hydrogen-bond donors (Lipinski definition) is 1. The molecule has 1 aromatic rings. The van der Waals surface area contributed by atoms with Crippen molar-refractivity contribution in [2.24, 2.45) is 0 Å². The Kier molecular flexibility index (Phi) is 2.10. The third-order valence-electron chi connectivity index (χ3n) is 1.64. The van der Waals surface area contributed by atoms with E-state index in [4.69, 9.17) is 0 Å². The molecule has 1 heterocycles. The second-order valence-corrected chi connectivity index (χ2v) is 2.33. The molecule has 2 amide bonds. The maximum atomic E-state index is 10.9. The van der Waals surface area contributed by atoms with Crippen LogP contribution in [0.5, 0.6) is 0 Å². The van der Waals surface area contributed by atoms with Crippen molar-refractivity contribution in [1.82, 2.24) is 5.32 Å². The molecule has 0 atom stereocenters. The molecule has 2 rings (SSSR count). The SMILES string of the molecule is O=C1NC(=O)c2ccccc21.[SiH4]. The first-order valence-corrected chi connectivity index (χ1v) is 3.24. The quantitative estimate of drug-likeness (QED) is 0.415. The van der Waals surface area contributed by atoms with Crippen molar-refractivity contribution in [2.45, 2.75) is 0 Å². The van der Waals surface area contributed by atoms with Crippen LogP contribution < -0.4 is 5.32 Å². The molecule has 0 aliphatic carbocycles. The van der Waals surface area contributed by atoms with Crippen LogP contribution in [-0.2, 0) is 0 Å². The summed E-state index contributed by atoms with van der Waals surface area (Å²) in [6, 6.07) is 6.74. The zero-order chi connectivity index (χ0) is 7.84. The van der Waals surface area contributed by atoms with E-state index in [2.05, 4.69) is 5.32 Å². The van der Waals surface area contributed by atoms with E-state index in [1.165, 1.54) is 0 Å². The molecule has 4 heteroatoms. The van der Waals surface area contributed by atoms with Gasteiger partial charge in [-0.3, -0.25) is 14.9 Å². The first-order chi connectivity index (χ1) is 5.29. The van der Waals surface area contributed by atoms with E-state index in [1.807, 2.05) is 0 Å². The van der Waals surface area contributed by atoms with Gasteiger partial charge in [0.15, 0.2) is 0 Å². The van der Waals surface area contributed by atoms with Crippen molar-refractivity contribution in [3.8, 4) is 0 Å². The zero-order valence-electron chi connectivity index (χ0n) is 5.63. The lowest BCUT2D eigenvalue weighted by Crippen LogP contribution is -2.19. The predicted molar refractivity (Wildman–Crippen MR) is 49.6 cm³/mol. The van der Waals surface area contributed by atoms with Crippen molar-refractivity contribution in [1.29, 1.82) is 0 Å². The molecule has 0 aromatic heterocycles. The fraction of sp³-hybridized carbons (Fsp3) is 0. The average Bonchev–Trinajstić information content (AvgIpc) is 2.30. The third-order valence-corrected chi connectivity index (χ3v) is 1.64. The highest BCUT2D eigenvalue weighted by Crippen LogP contribution is 2.13. The number of fused-ring (bicyclic) bond motifs is 1. The number of amides is 2. The largest absolute Gasteiger partial charge is 0.288 e. The Morgan fingerprint density at radius 2 is 1.33 bits per heavy atom. The van der Waals surface area contributed by atoms with Gasteiger partial charge in [-0.05, 0) is 23.1 Å². The topological polar surface area (TPSA) is 46.2 Å². The summed E-state index contributed by atoms with van der Waals surface area (Å²) < 4.78 is 0. The average molecular weight is 179 g/mol. The van der Waals surface area contributed by atoms with Crippen molar-refractivity contribution in [3.05, 3.63) is 35.4 Å². The van der Waals surface area contributed by atoms with Crippen molar-refractivity contribution < 1.29 is 9.59 Å². The molecule has 1 aliphatic rings. The van der Waals surface area contributed by atoms with Crippen molar-refractivity contribution in [2.75, 3.05) is 0 Å². The van der Waals surface area contributed by atoms with Gasteiger partial charge in [-0.25, -0.2) is 0 Å². The minimum absolute atomic E-state index is 0. The Morgan fingerprint density at radius 1 is 0.917 bits per heavy atom. The van der Waals surface area contributed by atoms with Crippen molar-refractivity contribution in [3.63, 3.8) is 0 Å². The van der Waals surface area contributed by atoms with E-state index in [1.54, 1.807) is 24.3 Å². The van der Waals surface area contributed by atoms with Crippen LogP contribution in [0.25, 0.3) is 0 Å². The molecule has 0 bridgehead atoms. The number of hydrogen-bond acceptors (Lipinski definition) is 2. The molecule has 1 aromatic carbocycles. The van der Waals surface area contributed by atoms with Gasteiger partial charge in [0, 0.05) is 0 Å². The number of benzene rings is 1. The molecule has 1 aliphatic heterocycles. The Labute approximate surface area is 73.8 Å². The minimum atomic E-state index is -0.300. The highest BCUT2D eigenvalue weighted by atomic mass is 28.1. The van der Waals surface area contributed by atoms with E-state index in [9.17, 15) is 9.59 Å². The van der Waals surface area contributed by atoms with E-state index < -0.39 is 0 Å². The van der Waals surface area contributed by atoms with E-state index in [-0.39, 0.29) is 22.8 Å². The van der Waals surface area contributed by atoms with Crippen molar-refractivity contribution >= 4 is 22.8 Å². The van der Waals surface area contributed by atoms with Crippen LogP contribution in [0.4, 0.5) is 0 Å². The van der Waals surface area contributed by atoms with Gasteiger partial charge < -0.3 is 0 Å². The molecule has 0 radical (unpaired) electrons. The molecule has 0 unspecified atom stereocenters. The molecule has 0 fully saturated rings. The first-order valence-electron chi connectivity index (χ1n) is 3.24. The molecule has 0 spiro atoms. The Bertz CT molecular complexity index is 316. The van der Waals surface area contributed by atoms with Gasteiger partial charge in [-0.15, -0.1) is 0 Å². The second kappa shape index (κ2) is 2.90. The van der Waals surface area contributed by atoms with Gasteiger partial charge in [-0.1, -0.05) is 12.1 Å². The van der Waals surface area contributed by atoms with Crippen LogP contribution in [0.2, 0.25) is 0 Å². The lowest BCUT2D eigenvalue weighted by molar-refractivity contribution is 0.0879. The van der Waals surface area contributed by atoms with Gasteiger partial charge in [-0.2, -0.15) is 0 Å². The number of carbonyl (C=O) groups is 2. The smallest absolute Gasteiger partial charge is 0.258 e. The van der Waals surface area contributed by atoms with Gasteiger partial charge >= 0.3 is 0 Å². The molecule has 3 nitrogen and oxygen atoms in total. The number of rotatable bonds is 0. The Hall–Kier alpha value is -1.42. The molecule has 62 valence electrons. The maximum absolute atomic E-state index is 10.9. The molecular formula is C8H9NO2Si. The van der Waals surface area contributed by atoms with Crippen LogP contribution in [0.3, 0.4) is 0 Å². The van der Waals surface area contributed by atoms with Gasteiger partial charge in [0.05, 0.1) is 11.1 Å². The summed E-state index contributed by atoms with van der Waals surface area (Å²) in [6.45, 7) is 0. The minimum Gasteiger partial charge on any atom is -0.288 e. The number of imide groups is 1. The summed E-state index contributed by atoms with van der Waals surface area (Å²) in [6.07, 6.45) is 0. The molecule has 0 saturated carbocycles. The van der Waals surface area contributed by atoms with E-state index in [0.717, 1.165) is 0 Å². The van der Waals surface area contributed by atoms with Crippen LogP contribution in [0, 0.1) is 0 Å². The number of nitrogens with one attached hydrogen (secondary N) is 1. The summed E-state index contributed by atoms with van der Waals surface area (Å²) >= 11 is 0. The molecular weight excluding hydrogens is 170 g/mol. The summed E-state index contributed by atoms with van der Waals surface area (Å²) in [5.74, 6) is -0.601. The number of carbonyl (C=O) groups excluding carboxylic acids is 2.